The molecule has 0 radical (unpaired) electrons. The number of aryl methyl sites for hydroxylation is 1. The number of halogens is 3. The average Bonchev–Trinajstić information content (AvgIpc) is 2.35. The lowest BCUT2D eigenvalue weighted by Crippen LogP contribution is -2.49. The van der Waals surface area contributed by atoms with E-state index >= 15 is 0 Å². The average molecular weight is 357 g/mol. The van der Waals surface area contributed by atoms with Gasteiger partial charge in [0.25, 0.3) is 0 Å². The van der Waals surface area contributed by atoms with Crippen LogP contribution in [0.4, 0.5) is 13.2 Å². The lowest BCUT2D eigenvalue weighted by atomic mass is 9.72. The lowest BCUT2D eigenvalue weighted by Gasteiger charge is -2.37. The van der Waals surface area contributed by atoms with E-state index in [4.69, 9.17) is 0 Å². The van der Waals surface area contributed by atoms with Crippen LogP contribution in [0, 0.1) is 18.4 Å². The van der Waals surface area contributed by atoms with Crippen molar-refractivity contribution in [3.8, 4) is 11.5 Å². The summed E-state index contributed by atoms with van der Waals surface area (Å²) in [6.07, 6.45) is -5.73. The molecule has 0 aliphatic carbocycles. The van der Waals surface area contributed by atoms with Crippen molar-refractivity contribution in [2.75, 3.05) is 0 Å². The van der Waals surface area contributed by atoms with Crippen LogP contribution in [0.3, 0.4) is 0 Å². The summed E-state index contributed by atoms with van der Waals surface area (Å²) in [7, 11) is -1.79. The Morgan fingerprint density at radius 1 is 1.08 bits per heavy atom. The topological polar surface area (TPSA) is 20.2 Å². The second-order valence-corrected chi connectivity index (χ2v) is 12.9. The third-order valence-electron chi connectivity index (χ3n) is 3.98. The first-order valence-corrected chi connectivity index (χ1v) is 11.5. The number of benzene rings is 1. The van der Waals surface area contributed by atoms with Crippen LogP contribution in [-0.4, -0.2) is 25.0 Å². The van der Waals surface area contributed by atoms with Crippen molar-refractivity contribution in [1.29, 1.82) is 0 Å². The maximum absolute atomic E-state index is 13.6. The van der Waals surface area contributed by atoms with Crippen LogP contribution in [-0.2, 0) is 5.41 Å². The van der Waals surface area contributed by atoms with E-state index < -0.39 is 38.1 Å². The highest BCUT2D eigenvalue weighted by Crippen LogP contribution is 2.43. The number of rotatable bonds is 4. The molecule has 5 heteroatoms. The van der Waals surface area contributed by atoms with Crippen LogP contribution in [0.1, 0.15) is 37.8 Å². The van der Waals surface area contributed by atoms with Crippen molar-refractivity contribution in [2.45, 2.75) is 70.4 Å². The Bertz CT molecular complexity index is 632. The molecule has 1 atom stereocenters. The summed E-state index contributed by atoms with van der Waals surface area (Å²) in [4.78, 5) is 0. The number of hydrogen-bond donors (Lipinski definition) is 1. The summed E-state index contributed by atoms with van der Waals surface area (Å²) >= 11 is 0. The first-order valence-electron chi connectivity index (χ1n) is 8.03. The molecule has 1 rings (SSSR count). The molecule has 0 aliphatic rings. The molecule has 0 fully saturated rings. The molecule has 1 nitrogen and oxygen atoms in total. The van der Waals surface area contributed by atoms with Gasteiger partial charge in [-0.05, 0) is 29.9 Å². The number of alkyl halides is 3. The van der Waals surface area contributed by atoms with Crippen LogP contribution in [0.5, 0.6) is 0 Å². The first-order chi connectivity index (χ1) is 10.7. The monoisotopic (exact) mass is 356 g/mol. The zero-order valence-electron chi connectivity index (χ0n) is 15.3. The van der Waals surface area contributed by atoms with E-state index in [1.165, 1.54) is 0 Å². The Balaban J connectivity index is 3.18. The predicted molar refractivity (Wildman–Crippen MR) is 95.6 cm³/mol. The van der Waals surface area contributed by atoms with Crippen LogP contribution < -0.4 is 0 Å². The molecule has 1 aromatic rings. The third-order valence-corrected chi connectivity index (χ3v) is 4.91. The largest absolute Gasteiger partial charge is 0.418 e. The Morgan fingerprint density at radius 3 is 2.08 bits per heavy atom. The second kappa shape index (κ2) is 6.93. The summed E-state index contributed by atoms with van der Waals surface area (Å²) in [6, 6.07) is 7.35. The molecular weight excluding hydrogens is 329 g/mol. The van der Waals surface area contributed by atoms with E-state index in [2.05, 4.69) is 11.5 Å². The smallest absolute Gasteiger partial charge is 0.380 e. The van der Waals surface area contributed by atoms with E-state index in [9.17, 15) is 18.3 Å². The first kappa shape index (κ1) is 20.8. The minimum absolute atomic E-state index is 0.422. The molecule has 1 aromatic carbocycles. The van der Waals surface area contributed by atoms with Crippen LogP contribution in [0.2, 0.25) is 19.6 Å². The minimum Gasteiger partial charge on any atom is -0.380 e. The normalized spacial score (nSPS) is 15.4. The van der Waals surface area contributed by atoms with Gasteiger partial charge < -0.3 is 5.11 Å². The predicted octanol–water partition coefficient (Wildman–Crippen LogP) is 5.23. The maximum Gasteiger partial charge on any atom is 0.418 e. The fourth-order valence-corrected chi connectivity index (χ4v) is 3.50. The van der Waals surface area contributed by atoms with Gasteiger partial charge in [-0.25, -0.2) is 0 Å². The molecular formula is C19H27F3OSi. The molecule has 1 N–H and O–H groups in total. The highest BCUT2D eigenvalue weighted by Gasteiger charge is 2.55. The second-order valence-electron chi connectivity index (χ2n) is 8.13. The quantitative estimate of drug-likeness (QED) is 0.579. The van der Waals surface area contributed by atoms with Gasteiger partial charge in [0.2, 0.25) is 0 Å². The Hall–Kier alpha value is -1.25. The van der Waals surface area contributed by atoms with E-state index in [0.29, 0.717) is 0 Å². The Kier molecular flexibility index (Phi) is 6.01. The SMILES string of the molecule is Cc1ccccc1C(C)(C)C[C@@](O)(CC#C[Si](C)(C)C)C(F)(F)F. The van der Waals surface area contributed by atoms with Crippen LogP contribution in [0.25, 0.3) is 0 Å². The molecule has 0 aliphatic heterocycles. The van der Waals surface area contributed by atoms with Gasteiger partial charge >= 0.3 is 6.18 Å². The summed E-state index contributed by atoms with van der Waals surface area (Å²) < 4.78 is 40.7. The fraction of sp³-hybridized carbons (Fsp3) is 0.579. The molecule has 0 saturated carbocycles. The van der Waals surface area contributed by atoms with Gasteiger partial charge in [0, 0.05) is 6.42 Å². The van der Waals surface area contributed by atoms with Gasteiger partial charge in [-0.1, -0.05) is 57.8 Å². The van der Waals surface area contributed by atoms with E-state index in [-0.39, 0.29) is 0 Å². The molecule has 0 unspecified atom stereocenters. The minimum atomic E-state index is -4.72. The van der Waals surface area contributed by atoms with Crippen molar-refractivity contribution >= 4 is 8.07 Å². The van der Waals surface area contributed by atoms with Crippen molar-refractivity contribution in [3.05, 3.63) is 35.4 Å². The van der Waals surface area contributed by atoms with Gasteiger partial charge in [0.05, 0.1) is 0 Å². The van der Waals surface area contributed by atoms with Crippen molar-refractivity contribution in [1.82, 2.24) is 0 Å². The maximum atomic E-state index is 13.6. The van der Waals surface area contributed by atoms with E-state index in [1.807, 2.05) is 50.8 Å². The molecule has 0 spiro atoms. The zero-order chi connectivity index (χ0) is 18.8. The standard InChI is InChI=1S/C19H27F3OSi/c1-15-10-7-8-11-16(15)17(2,3)14-18(23,19(20,21)22)12-9-13-24(4,5)6/h7-8,10-11,23H,12,14H2,1-6H3/t18-/m0/s1. The fourth-order valence-electron chi connectivity index (χ4n) is 2.88. The summed E-state index contributed by atoms with van der Waals surface area (Å²) in [5.41, 5.74) is 1.01. The lowest BCUT2D eigenvalue weighted by molar-refractivity contribution is -0.264. The van der Waals surface area contributed by atoms with Gasteiger partial charge in [-0.2, -0.15) is 13.2 Å². The third kappa shape index (κ3) is 5.39. The van der Waals surface area contributed by atoms with E-state index in [0.717, 1.165) is 11.1 Å². The van der Waals surface area contributed by atoms with Gasteiger partial charge in [-0.15, -0.1) is 11.5 Å². The highest BCUT2D eigenvalue weighted by atomic mass is 28.3. The Morgan fingerprint density at radius 2 is 1.62 bits per heavy atom. The van der Waals surface area contributed by atoms with E-state index in [1.54, 1.807) is 13.8 Å². The molecule has 0 saturated heterocycles. The molecule has 0 aromatic heterocycles. The highest BCUT2D eigenvalue weighted by molar-refractivity contribution is 6.83. The molecule has 134 valence electrons. The zero-order valence-corrected chi connectivity index (χ0v) is 16.3. The van der Waals surface area contributed by atoms with Crippen molar-refractivity contribution < 1.29 is 18.3 Å². The summed E-state index contributed by atoms with van der Waals surface area (Å²) in [6.45, 7) is 11.2. The molecule has 0 heterocycles. The molecule has 0 amide bonds. The molecule has 0 bridgehead atoms. The van der Waals surface area contributed by atoms with Crippen LogP contribution >= 0.6 is 0 Å². The summed E-state index contributed by atoms with van der Waals surface area (Å²) in [5.74, 6) is 2.60. The number of aliphatic hydroxyl groups is 1. The van der Waals surface area contributed by atoms with Gasteiger partial charge in [-0.3, -0.25) is 0 Å². The summed E-state index contributed by atoms with van der Waals surface area (Å²) in [5, 5.41) is 10.4. The van der Waals surface area contributed by atoms with Gasteiger partial charge in [0.1, 0.15) is 8.07 Å². The van der Waals surface area contributed by atoms with Crippen LogP contribution in [0.15, 0.2) is 24.3 Å². The van der Waals surface area contributed by atoms with Crippen molar-refractivity contribution in [2.24, 2.45) is 0 Å². The number of hydrogen-bond acceptors (Lipinski definition) is 1. The Labute approximate surface area is 144 Å². The molecule has 24 heavy (non-hydrogen) atoms. The van der Waals surface area contributed by atoms with Crippen molar-refractivity contribution in [3.63, 3.8) is 0 Å². The van der Waals surface area contributed by atoms with Gasteiger partial charge in [0.15, 0.2) is 5.60 Å².